The lowest BCUT2D eigenvalue weighted by atomic mass is 10.2. The lowest BCUT2D eigenvalue weighted by Gasteiger charge is -2.20. The number of hydrogen-bond donors (Lipinski definition) is 1. The molecule has 0 bridgehead atoms. The van der Waals surface area contributed by atoms with Gasteiger partial charge in [0.2, 0.25) is 5.91 Å². The standard InChI is InChI=1S/C23H27N3O6/c1-4-31-23(30)17-12-15(2)26(16(17)3)13-22(29)32-14-20(27)24-18-8-5-6-9-19(18)25-11-7-10-21(25)28/h5-6,8-9,12H,4,7,10-11,13-14H2,1-3H3,(H,24,27). The van der Waals surface area contributed by atoms with Crippen LogP contribution in [-0.2, 0) is 30.4 Å². The van der Waals surface area contributed by atoms with E-state index in [2.05, 4.69) is 5.32 Å². The minimum atomic E-state index is -0.611. The normalized spacial score (nSPS) is 13.2. The molecule has 1 N–H and O–H groups in total. The van der Waals surface area contributed by atoms with Crippen LogP contribution in [0.2, 0.25) is 0 Å². The molecule has 0 atom stereocenters. The zero-order valence-electron chi connectivity index (χ0n) is 18.5. The van der Waals surface area contributed by atoms with Gasteiger partial charge in [-0.2, -0.15) is 0 Å². The van der Waals surface area contributed by atoms with Crippen molar-refractivity contribution in [2.45, 2.75) is 40.2 Å². The molecule has 9 heteroatoms. The highest BCUT2D eigenvalue weighted by Gasteiger charge is 2.24. The van der Waals surface area contributed by atoms with Gasteiger partial charge >= 0.3 is 11.9 Å². The van der Waals surface area contributed by atoms with E-state index in [0.717, 1.165) is 6.42 Å². The van der Waals surface area contributed by atoms with Gasteiger partial charge in [0.15, 0.2) is 6.61 Å². The molecule has 9 nitrogen and oxygen atoms in total. The van der Waals surface area contributed by atoms with E-state index in [0.29, 0.717) is 41.3 Å². The molecule has 2 heterocycles. The summed E-state index contributed by atoms with van der Waals surface area (Å²) in [4.78, 5) is 50.4. The number of amides is 2. The Balaban J connectivity index is 1.58. The molecule has 0 spiro atoms. The number of ether oxygens (including phenoxy) is 2. The molecule has 1 aromatic heterocycles. The molecular weight excluding hydrogens is 414 g/mol. The monoisotopic (exact) mass is 441 g/mol. The van der Waals surface area contributed by atoms with Crippen molar-refractivity contribution in [3.63, 3.8) is 0 Å². The molecule has 1 aliphatic heterocycles. The number of para-hydroxylation sites is 2. The molecule has 0 saturated carbocycles. The predicted molar refractivity (Wildman–Crippen MR) is 117 cm³/mol. The maximum absolute atomic E-state index is 12.4. The lowest BCUT2D eigenvalue weighted by Crippen LogP contribution is -2.27. The van der Waals surface area contributed by atoms with E-state index in [1.54, 1.807) is 60.6 Å². The number of aromatic nitrogens is 1. The smallest absolute Gasteiger partial charge is 0.339 e. The van der Waals surface area contributed by atoms with Gasteiger partial charge in [-0.15, -0.1) is 0 Å². The number of aryl methyl sites for hydroxylation is 1. The van der Waals surface area contributed by atoms with Crippen LogP contribution < -0.4 is 10.2 Å². The first-order chi connectivity index (χ1) is 15.3. The number of carbonyl (C=O) groups is 4. The summed E-state index contributed by atoms with van der Waals surface area (Å²) >= 11 is 0. The van der Waals surface area contributed by atoms with Crippen molar-refractivity contribution < 1.29 is 28.7 Å². The summed E-state index contributed by atoms with van der Waals surface area (Å²) in [6, 6.07) is 8.67. The molecule has 1 saturated heterocycles. The summed E-state index contributed by atoms with van der Waals surface area (Å²) < 4.78 is 11.8. The zero-order chi connectivity index (χ0) is 23.3. The zero-order valence-corrected chi connectivity index (χ0v) is 18.5. The van der Waals surface area contributed by atoms with Crippen LogP contribution >= 0.6 is 0 Å². The fourth-order valence-electron chi connectivity index (χ4n) is 3.68. The second-order valence-corrected chi connectivity index (χ2v) is 7.47. The Bertz CT molecular complexity index is 1040. The van der Waals surface area contributed by atoms with Crippen LogP contribution in [0.1, 0.15) is 41.5 Å². The van der Waals surface area contributed by atoms with Gasteiger partial charge in [0.05, 0.1) is 23.5 Å². The Kier molecular flexibility index (Phi) is 7.29. The lowest BCUT2D eigenvalue weighted by molar-refractivity contribution is -0.147. The van der Waals surface area contributed by atoms with Crippen LogP contribution in [-0.4, -0.2) is 48.1 Å². The van der Waals surface area contributed by atoms with E-state index in [9.17, 15) is 19.2 Å². The molecule has 1 aliphatic rings. The Morgan fingerprint density at radius 2 is 1.88 bits per heavy atom. The van der Waals surface area contributed by atoms with Gasteiger partial charge in [0.25, 0.3) is 5.91 Å². The van der Waals surface area contributed by atoms with Gasteiger partial charge in [0, 0.05) is 24.4 Å². The summed E-state index contributed by atoms with van der Waals surface area (Å²) in [5, 5.41) is 2.71. The van der Waals surface area contributed by atoms with Crippen LogP contribution in [0.5, 0.6) is 0 Å². The van der Waals surface area contributed by atoms with E-state index < -0.39 is 24.5 Å². The number of esters is 2. The fraction of sp³-hybridized carbons (Fsp3) is 0.391. The van der Waals surface area contributed by atoms with E-state index in [1.807, 2.05) is 0 Å². The molecule has 2 amide bonds. The largest absolute Gasteiger partial charge is 0.462 e. The molecular formula is C23H27N3O6. The summed E-state index contributed by atoms with van der Waals surface area (Å²) in [5.74, 6) is -1.56. The van der Waals surface area contributed by atoms with E-state index in [1.165, 1.54) is 0 Å². The Morgan fingerprint density at radius 1 is 1.12 bits per heavy atom. The van der Waals surface area contributed by atoms with Crippen LogP contribution in [0.25, 0.3) is 0 Å². The fourth-order valence-corrected chi connectivity index (χ4v) is 3.68. The topological polar surface area (TPSA) is 107 Å². The average Bonchev–Trinajstić information content (AvgIpc) is 3.31. The Labute approximate surface area is 186 Å². The Morgan fingerprint density at radius 3 is 2.56 bits per heavy atom. The van der Waals surface area contributed by atoms with Crippen molar-refractivity contribution in [3.05, 3.63) is 47.3 Å². The van der Waals surface area contributed by atoms with Gasteiger partial charge in [-0.1, -0.05) is 12.1 Å². The highest BCUT2D eigenvalue weighted by atomic mass is 16.5. The first kappa shape index (κ1) is 23.1. The van der Waals surface area contributed by atoms with Crippen LogP contribution in [0, 0.1) is 13.8 Å². The highest BCUT2D eigenvalue weighted by molar-refractivity contribution is 6.02. The quantitative estimate of drug-likeness (QED) is 0.631. The number of hydrogen-bond acceptors (Lipinski definition) is 6. The van der Waals surface area contributed by atoms with Gasteiger partial charge in [-0.25, -0.2) is 4.79 Å². The SMILES string of the molecule is CCOC(=O)c1cc(C)n(CC(=O)OCC(=O)Nc2ccccc2N2CCCC2=O)c1C. The molecule has 0 radical (unpaired) electrons. The summed E-state index contributed by atoms with van der Waals surface area (Å²) in [5.41, 5.74) is 2.80. The first-order valence-electron chi connectivity index (χ1n) is 10.5. The summed E-state index contributed by atoms with van der Waals surface area (Å²) in [6.07, 6.45) is 1.25. The minimum absolute atomic E-state index is 0.0118. The van der Waals surface area contributed by atoms with Gasteiger partial charge < -0.3 is 24.3 Å². The maximum atomic E-state index is 12.4. The second kappa shape index (κ2) is 10.1. The van der Waals surface area contributed by atoms with E-state index in [-0.39, 0.29) is 19.1 Å². The van der Waals surface area contributed by atoms with Crippen LogP contribution in [0.4, 0.5) is 11.4 Å². The number of rotatable bonds is 8. The van der Waals surface area contributed by atoms with Crippen LogP contribution in [0.3, 0.4) is 0 Å². The molecule has 3 rings (SSSR count). The first-order valence-corrected chi connectivity index (χ1v) is 10.5. The molecule has 1 fully saturated rings. The molecule has 32 heavy (non-hydrogen) atoms. The number of carbonyl (C=O) groups excluding carboxylic acids is 4. The molecule has 170 valence electrons. The minimum Gasteiger partial charge on any atom is -0.462 e. The third-order valence-electron chi connectivity index (χ3n) is 5.26. The average molecular weight is 441 g/mol. The second-order valence-electron chi connectivity index (χ2n) is 7.47. The molecule has 2 aromatic rings. The van der Waals surface area contributed by atoms with Crippen molar-refractivity contribution in [2.24, 2.45) is 0 Å². The summed E-state index contributed by atoms with van der Waals surface area (Å²) in [6.45, 7) is 5.47. The van der Waals surface area contributed by atoms with Gasteiger partial charge in [-0.3, -0.25) is 14.4 Å². The van der Waals surface area contributed by atoms with Crippen molar-refractivity contribution in [2.75, 3.05) is 30.0 Å². The van der Waals surface area contributed by atoms with Crippen molar-refractivity contribution in [3.8, 4) is 0 Å². The van der Waals surface area contributed by atoms with E-state index >= 15 is 0 Å². The number of nitrogens with zero attached hydrogens (tertiary/aromatic N) is 2. The highest BCUT2D eigenvalue weighted by Crippen LogP contribution is 2.29. The molecule has 0 unspecified atom stereocenters. The van der Waals surface area contributed by atoms with Crippen molar-refractivity contribution in [1.29, 1.82) is 0 Å². The van der Waals surface area contributed by atoms with Crippen molar-refractivity contribution >= 4 is 35.1 Å². The maximum Gasteiger partial charge on any atom is 0.339 e. The number of anilines is 2. The third kappa shape index (κ3) is 5.16. The predicted octanol–water partition coefficient (Wildman–Crippen LogP) is 2.59. The van der Waals surface area contributed by atoms with E-state index in [4.69, 9.17) is 9.47 Å². The molecule has 1 aromatic carbocycles. The van der Waals surface area contributed by atoms with Gasteiger partial charge in [0.1, 0.15) is 6.54 Å². The number of benzene rings is 1. The van der Waals surface area contributed by atoms with Gasteiger partial charge in [-0.05, 0) is 45.4 Å². The molecule has 0 aliphatic carbocycles. The summed E-state index contributed by atoms with van der Waals surface area (Å²) in [7, 11) is 0. The van der Waals surface area contributed by atoms with Crippen molar-refractivity contribution in [1.82, 2.24) is 4.57 Å². The number of nitrogens with one attached hydrogen (secondary N) is 1. The third-order valence-corrected chi connectivity index (χ3v) is 5.26. The van der Waals surface area contributed by atoms with Crippen LogP contribution in [0.15, 0.2) is 30.3 Å². The Hall–Kier alpha value is -3.62.